The summed E-state index contributed by atoms with van der Waals surface area (Å²) in [5.74, 6) is -0.583. The van der Waals surface area contributed by atoms with Gasteiger partial charge in [0.1, 0.15) is 0 Å². The summed E-state index contributed by atoms with van der Waals surface area (Å²) in [4.78, 5) is 42.0. The average Bonchev–Trinajstić information content (AvgIpc) is 3.35. The molecule has 2 aliphatic heterocycles. The summed E-state index contributed by atoms with van der Waals surface area (Å²) in [6, 6.07) is 9.46. The standard InChI is InChI=1S/C20H20N2O3S/c1-13-6-7-14-15(12-13)20(25)22(19(14)24)10-8-18(23)21-9-2-4-16(21)17-5-3-11-26-17/h3,5-7,11-12,16H,2,4,8-10H2,1H3. The van der Waals surface area contributed by atoms with Crippen LogP contribution >= 0.6 is 11.3 Å². The molecule has 1 aromatic heterocycles. The van der Waals surface area contributed by atoms with Gasteiger partial charge in [0.25, 0.3) is 11.8 Å². The van der Waals surface area contributed by atoms with E-state index in [1.54, 1.807) is 23.5 Å². The number of amides is 3. The van der Waals surface area contributed by atoms with Gasteiger partial charge in [0.2, 0.25) is 5.91 Å². The second-order valence-corrected chi connectivity index (χ2v) is 7.80. The zero-order valence-corrected chi connectivity index (χ0v) is 15.4. The molecule has 5 nitrogen and oxygen atoms in total. The molecule has 3 heterocycles. The van der Waals surface area contributed by atoms with Crippen molar-refractivity contribution in [1.29, 1.82) is 0 Å². The topological polar surface area (TPSA) is 57.7 Å². The van der Waals surface area contributed by atoms with E-state index in [0.717, 1.165) is 24.9 Å². The van der Waals surface area contributed by atoms with E-state index in [-0.39, 0.29) is 36.7 Å². The van der Waals surface area contributed by atoms with Gasteiger partial charge in [0.05, 0.1) is 17.2 Å². The van der Waals surface area contributed by atoms with Crippen molar-refractivity contribution in [1.82, 2.24) is 9.80 Å². The molecule has 26 heavy (non-hydrogen) atoms. The van der Waals surface area contributed by atoms with Gasteiger partial charge in [-0.1, -0.05) is 17.7 Å². The van der Waals surface area contributed by atoms with Crippen molar-refractivity contribution in [2.45, 2.75) is 32.2 Å². The lowest BCUT2D eigenvalue weighted by atomic mass is 10.1. The SMILES string of the molecule is Cc1ccc2c(c1)C(=O)N(CCC(=O)N1CCCC1c1cccs1)C2=O. The third-order valence-electron chi connectivity index (χ3n) is 5.12. The third-order valence-corrected chi connectivity index (χ3v) is 6.09. The quantitative estimate of drug-likeness (QED) is 0.777. The number of imide groups is 1. The van der Waals surface area contributed by atoms with Gasteiger partial charge in [-0.05, 0) is 43.3 Å². The Morgan fingerprint density at radius 1 is 1.19 bits per heavy atom. The van der Waals surface area contributed by atoms with Crippen LogP contribution < -0.4 is 0 Å². The molecular weight excluding hydrogens is 348 g/mol. The van der Waals surface area contributed by atoms with Crippen molar-refractivity contribution in [3.63, 3.8) is 0 Å². The highest BCUT2D eigenvalue weighted by molar-refractivity contribution is 7.10. The Morgan fingerprint density at radius 2 is 2.00 bits per heavy atom. The predicted molar refractivity (Wildman–Crippen MR) is 99.2 cm³/mol. The summed E-state index contributed by atoms with van der Waals surface area (Å²) in [6.45, 7) is 2.77. The van der Waals surface area contributed by atoms with Crippen molar-refractivity contribution in [2.24, 2.45) is 0 Å². The van der Waals surface area contributed by atoms with Gasteiger partial charge in [-0.2, -0.15) is 0 Å². The van der Waals surface area contributed by atoms with Crippen LogP contribution in [-0.2, 0) is 4.79 Å². The minimum absolute atomic E-state index is 0.00800. The molecule has 2 aromatic rings. The molecule has 0 saturated carbocycles. The molecule has 0 N–H and O–H groups in total. The summed E-state index contributed by atoms with van der Waals surface area (Å²) >= 11 is 1.67. The molecule has 1 aromatic carbocycles. The molecule has 3 amide bonds. The van der Waals surface area contributed by atoms with Crippen LogP contribution in [0.25, 0.3) is 0 Å². The van der Waals surface area contributed by atoms with Crippen LogP contribution in [0.1, 0.15) is 56.5 Å². The van der Waals surface area contributed by atoms with Crippen molar-refractivity contribution in [2.75, 3.05) is 13.1 Å². The second-order valence-electron chi connectivity index (χ2n) is 6.82. The van der Waals surface area contributed by atoms with Gasteiger partial charge in [0.15, 0.2) is 0 Å². The van der Waals surface area contributed by atoms with Crippen LogP contribution in [-0.4, -0.2) is 40.6 Å². The van der Waals surface area contributed by atoms with Crippen molar-refractivity contribution in [3.8, 4) is 0 Å². The molecule has 1 atom stereocenters. The Morgan fingerprint density at radius 3 is 2.77 bits per heavy atom. The van der Waals surface area contributed by atoms with Gasteiger partial charge in [-0.25, -0.2) is 0 Å². The Bertz CT molecular complexity index is 875. The minimum Gasteiger partial charge on any atom is -0.335 e. The molecule has 134 valence electrons. The van der Waals surface area contributed by atoms with Crippen LogP contribution in [0, 0.1) is 6.92 Å². The van der Waals surface area contributed by atoms with E-state index < -0.39 is 0 Å². The summed E-state index contributed by atoms with van der Waals surface area (Å²) in [6.07, 6.45) is 2.13. The fraction of sp³-hybridized carbons (Fsp3) is 0.350. The monoisotopic (exact) mass is 368 g/mol. The van der Waals surface area contributed by atoms with Crippen LogP contribution in [0.3, 0.4) is 0 Å². The summed E-state index contributed by atoms with van der Waals surface area (Å²) in [7, 11) is 0. The fourth-order valence-electron chi connectivity index (χ4n) is 3.80. The number of aryl methyl sites for hydroxylation is 1. The fourth-order valence-corrected chi connectivity index (χ4v) is 4.67. The highest BCUT2D eigenvalue weighted by atomic mass is 32.1. The third kappa shape index (κ3) is 2.84. The number of rotatable bonds is 4. The van der Waals surface area contributed by atoms with Gasteiger partial charge in [-0.15, -0.1) is 11.3 Å². The number of thiophene rings is 1. The minimum atomic E-state index is -0.297. The number of likely N-dealkylation sites (tertiary alicyclic amines) is 1. The zero-order chi connectivity index (χ0) is 18.3. The van der Waals surface area contributed by atoms with Crippen LogP contribution in [0.15, 0.2) is 35.7 Å². The molecule has 2 aliphatic rings. The number of benzene rings is 1. The van der Waals surface area contributed by atoms with E-state index >= 15 is 0 Å². The zero-order valence-electron chi connectivity index (χ0n) is 14.6. The Hall–Kier alpha value is -2.47. The average molecular weight is 368 g/mol. The first-order chi connectivity index (χ1) is 12.6. The maximum atomic E-state index is 12.7. The van der Waals surface area contributed by atoms with Crippen molar-refractivity contribution in [3.05, 3.63) is 57.3 Å². The molecular formula is C20H20N2O3S. The first-order valence-electron chi connectivity index (χ1n) is 8.86. The first kappa shape index (κ1) is 17.0. The van der Waals surface area contributed by atoms with Crippen LogP contribution in [0.2, 0.25) is 0 Å². The predicted octanol–water partition coefficient (Wildman–Crippen LogP) is 3.41. The molecule has 0 spiro atoms. The highest BCUT2D eigenvalue weighted by Gasteiger charge is 2.36. The summed E-state index contributed by atoms with van der Waals surface area (Å²) in [5, 5.41) is 2.02. The van der Waals surface area contributed by atoms with Crippen molar-refractivity contribution < 1.29 is 14.4 Å². The maximum absolute atomic E-state index is 12.7. The summed E-state index contributed by atoms with van der Waals surface area (Å²) in [5.41, 5.74) is 1.82. The lowest BCUT2D eigenvalue weighted by Gasteiger charge is -2.25. The molecule has 0 aliphatic carbocycles. The van der Waals surface area contributed by atoms with Gasteiger partial charge < -0.3 is 4.90 Å². The van der Waals surface area contributed by atoms with Gasteiger partial charge in [-0.3, -0.25) is 19.3 Å². The molecule has 1 unspecified atom stereocenters. The molecule has 1 saturated heterocycles. The smallest absolute Gasteiger partial charge is 0.261 e. The maximum Gasteiger partial charge on any atom is 0.261 e. The molecule has 4 rings (SSSR count). The van der Waals surface area contributed by atoms with E-state index in [9.17, 15) is 14.4 Å². The Kier molecular flexibility index (Phi) is 4.36. The van der Waals surface area contributed by atoms with E-state index in [2.05, 4.69) is 6.07 Å². The largest absolute Gasteiger partial charge is 0.335 e. The van der Waals surface area contributed by atoms with Crippen molar-refractivity contribution >= 4 is 29.1 Å². The van der Waals surface area contributed by atoms with Crippen LogP contribution in [0.4, 0.5) is 0 Å². The Labute approximate surface area is 156 Å². The number of carbonyl (C=O) groups excluding carboxylic acids is 3. The number of fused-ring (bicyclic) bond motifs is 1. The van der Waals surface area contributed by atoms with Gasteiger partial charge in [0, 0.05) is 24.4 Å². The van der Waals surface area contributed by atoms with Gasteiger partial charge >= 0.3 is 0 Å². The number of hydrogen-bond acceptors (Lipinski definition) is 4. The lowest BCUT2D eigenvalue weighted by Crippen LogP contribution is -2.36. The molecule has 1 fully saturated rings. The second kappa shape index (κ2) is 6.68. The number of carbonyl (C=O) groups is 3. The molecule has 0 bridgehead atoms. The van der Waals surface area contributed by atoms with Crippen LogP contribution in [0.5, 0.6) is 0 Å². The summed E-state index contributed by atoms with van der Waals surface area (Å²) < 4.78 is 0. The molecule has 6 heteroatoms. The Balaban J connectivity index is 1.44. The van der Waals surface area contributed by atoms with E-state index in [1.165, 1.54) is 9.78 Å². The lowest BCUT2D eigenvalue weighted by molar-refractivity contribution is -0.132. The normalized spacial score (nSPS) is 19.3. The highest BCUT2D eigenvalue weighted by Crippen LogP contribution is 2.35. The first-order valence-corrected chi connectivity index (χ1v) is 9.74. The number of hydrogen-bond donors (Lipinski definition) is 0. The number of nitrogens with zero attached hydrogens (tertiary/aromatic N) is 2. The van der Waals surface area contributed by atoms with E-state index in [4.69, 9.17) is 0 Å². The molecule has 0 radical (unpaired) electrons. The van der Waals surface area contributed by atoms with E-state index in [0.29, 0.717) is 11.1 Å². The van der Waals surface area contributed by atoms with E-state index in [1.807, 2.05) is 29.3 Å².